The molecule has 0 atom stereocenters. The predicted octanol–water partition coefficient (Wildman–Crippen LogP) is 16.7. The van der Waals surface area contributed by atoms with Crippen molar-refractivity contribution in [3.8, 4) is 0 Å². The smallest absolute Gasteiger partial charge is 0.305 e. The number of carbonyl (C=O) groups is 3. The van der Waals surface area contributed by atoms with Crippen molar-refractivity contribution in [1.29, 1.82) is 0 Å². The molecular formula is C60H119N3O5. The summed E-state index contributed by atoms with van der Waals surface area (Å²) in [6.07, 6.45) is 49.7. The van der Waals surface area contributed by atoms with E-state index in [1.54, 1.807) is 0 Å². The van der Waals surface area contributed by atoms with Crippen LogP contribution in [-0.2, 0) is 23.9 Å². The van der Waals surface area contributed by atoms with Crippen molar-refractivity contribution in [2.45, 2.75) is 297 Å². The van der Waals surface area contributed by atoms with E-state index in [1.165, 1.54) is 180 Å². The van der Waals surface area contributed by atoms with Crippen molar-refractivity contribution in [2.75, 3.05) is 60.0 Å². The molecule has 1 amide bonds. The molecule has 404 valence electrons. The van der Waals surface area contributed by atoms with Crippen molar-refractivity contribution in [2.24, 2.45) is 11.8 Å². The van der Waals surface area contributed by atoms with Crippen LogP contribution in [0.25, 0.3) is 0 Å². The molecule has 0 aliphatic rings. The SMILES string of the molecule is CCCCCCCCC(CCCCCCCC)COC(=O)CCCCCCCN(CCCCCCCC(=O)OCC(CCCCCCCC)CCCCCCCC)CCC(=O)NCCCN(C)C. The van der Waals surface area contributed by atoms with Crippen molar-refractivity contribution < 1.29 is 23.9 Å². The van der Waals surface area contributed by atoms with Gasteiger partial charge in [-0.3, -0.25) is 14.4 Å². The molecule has 68 heavy (non-hydrogen) atoms. The van der Waals surface area contributed by atoms with Crippen LogP contribution in [0.4, 0.5) is 0 Å². The van der Waals surface area contributed by atoms with Crippen LogP contribution in [0.15, 0.2) is 0 Å². The highest BCUT2D eigenvalue weighted by Crippen LogP contribution is 2.22. The summed E-state index contributed by atoms with van der Waals surface area (Å²) in [7, 11) is 4.14. The number of nitrogens with one attached hydrogen (secondary N) is 1. The van der Waals surface area contributed by atoms with Crippen molar-refractivity contribution in [3.63, 3.8) is 0 Å². The Morgan fingerprint density at radius 3 is 1.04 bits per heavy atom. The molecule has 0 radical (unpaired) electrons. The minimum absolute atomic E-state index is 0.00620. The van der Waals surface area contributed by atoms with Crippen LogP contribution < -0.4 is 5.32 Å². The zero-order valence-corrected chi connectivity index (χ0v) is 46.7. The molecule has 0 spiro atoms. The Balaban J connectivity index is 4.64. The third kappa shape index (κ3) is 49.3. The molecule has 0 aromatic carbocycles. The van der Waals surface area contributed by atoms with E-state index in [0.29, 0.717) is 44.3 Å². The zero-order chi connectivity index (χ0) is 49.8. The number of hydrogen-bond acceptors (Lipinski definition) is 7. The van der Waals surface area contributed by atoms with E-state index in [0.717, 1.165) is 103 Å². The molecule has 0 unspecified atom stereocenters. The molecule has 0 heterocycles. The fraction of sp³-hybridized carbons (Fsp3) is 0.950. The van der Waals surface area contributed by atoms with Gasteiger partial charge in [-0.15, -0.1) is 0 Å². The first-order valence-electron chi connectivity index (χ1n) is 30.2. The van der Waals surface area contributed by atoms with Crippen molar-refractivity contribution in [1.82, 2.24) is 15.1 Å². The molecule has 0 aromatic rings. The first kappa shape index (κ1) is 66.3. The largest absolute Gasteiger partial charge is 0.465 e. The molecule has 0 saturated carbocycles. The minimum Gasteiger partial charge on any atom is -0.465 e. The van der Waals surface area contributed by atoms with Gasteiger partial charge in [0.25, 0.3) is 0 Å². The Kier molecular flexibility index (Phi) is 51.8. The highest BCUT2D eigenvalue weighted by Gasteiger charge is 2.15. The van der Waals surface area contributed by atoms with E-state index in [2.05, 4.69) is 56.9 Å². The van der Waals surface area contributed by atoms with E-state index in [1.807, 2.05) is 0 Å². The van der Waals surface area contributed by atoms with E-state index in [9.17, 15) is 14.4 Å². The summed E-state index contributed by atoms with van der Waals surface area (Å²) >= 11 is 0. The van der Waals surface area contributed by atoms with E-state index < -0.39 is 0 Å². The normalized spacial score (nSPS) is 11.7. The van der Waals surface area contributed by atoms with Crippen LogP contribution in [0.1, 0.15) is 297 Å². The van der Waals surface area contributed by atoms with Gasteiger partial charge < -0.3 is 24.6 Å². The Morgan fingerprint density at radius 2 is 0.691 bits per heavy atom. The lowest BCUT2D eigenvalue weighted by Gasteiger charge is -2.22. The average Bonchev–Trinajstić information content (AvgIpc) is 3.33. The Hall–Kier alpha value is -1.67. The Morgan fingerprint density at radius 1 is 0.368 bits per heavy atom. The van der Waals surface area contributed by atoms with Gasteiger partial charge in [0.1, 0.15) is 0 Å². The fourth-order valence-electron chi connectivity index (χ4n) is 9.62. The van der Waals surface area contributed by atoms with Gasteiger partial charge in [0, 0.05) is 32.4 Å². The van der Waals surface area contributed by atoms with Crippen LogP contribution in [0.2, 0.25) is 0 Å². The summed E-state index contributed by atoms with van der Waals surface area (Å²) in [4.78, 5) is 42.9. The first-order chi connectivity index (χ1) is 33.2. The summed E-state index contributed by atoms with van der Waals surface area (Å²) < 4.78 is 11.8. The molecule has 0 fully saturated rings. The van der Waals surface area contributed by atoms with Gasteiger partial charge in [0.15, 0.2) is 0 Å². The topological polar surface area (TPSA) is 88.2 Å². The Bertz CT molecular complexity index is 974. The molecule has 8 heteroatoms. The van der Waals surface area contributed by atoms with E-state index in [-0.39, 0.29) is 17.8 Å². The lowest BCUT2D eigenvalue weighted by Crippen LogP contribution is -2.33. The van der Waals surface area contributed by atoms with E-state index in [4.69, 9.17) is 9.47 Å². The number of ether oxygens (including phenoxy) is 2. The van der Waals surface area contributed by atoms with Gasteiger partial charge >= 0.3 is 11.9 Å². The Labute approximate surface area is 424 Å². The monoisotopic (exact) mass is 962 g/mol. The molecule has 0 aromatic heterocycles. The van der Waals surface area contributed by atoms with Crippen LogP contribution in [0.3, 0.4) is 0 Å². The highest BCUT2D eigenvalue weighted by molar-refractivity contribution is 5.76. The third-order valence-corrected chi connectivity index (χ3v) is 14.3. The summed E-state index contributed by atoms with van der Waals surface area (Å²) in [5, 5.41) is 3.12. The molecule has 1 N–H and O–H groups in total. The number of hydrogen-bond donors (Lipinski definition) is 1. The van der Waals surface area contributed by atoms with Crippen LogP contribution in [0, 0.1) is 11.8 Å². The molecule has 8 nitrogen and oxygen atoms in total. The van der Waals surface area contributed by atoms with Gasteiger partial charge in [-0.25, -0.2) is 0 Å². The standard InChI is InChI=1S/C60H119N3O5/c1-7-11-15-19-25-33-42-56(43-34-26-20-16-12-8-2)54-67-59(65)46-37-29-23-31-39-51-63(53-48-58(64)61-49-41-50-62(5)6)52-40-32-24-30-38-47-60(66)68-55-57(44-35-27-21-17-13-9-3)45-36-28-22-18-14-10-4/h56-57H,7-55H2,1-6H3,(H,61,64). The second-order valence-electron chi connectivity index (χ2n) is 21.5. The molecule has 0 rings (SSSR count). The second kappa shape index (κ2) is 53.1. The summed E-state index contributed by atoms with van der Waals surface area (Å²) in [6, 6.07) is 0. The van der Waals surface area contributed by atoms with Gasteiger partial charge in [0.2, 0.25) is 5.91 Å². The summed E-state index contributed by atoms with van der Waals surface area (Å²) in [6.45, 7) is 14.9. The minimum atomic E-state index is -0.00620. The number of amides is 1. The second-order valence-corrected chi connectivity index (χ2v) is 21.5. The maximum absolute atomic E-state index is 12.8. The maximum Gasteiger partial charge on any atom is 0.305 e. The van der Waals surface area contributed by atoms with Gasteiger partial charge in [-0.05, 0) is 103 Å². The summed E-state index contributed by atoms with van der Waals surface area (Å²) in [5.74, 6) is 1.18. The average molecular weight is 963 g/mol. The van der Waals surface area contributed by atoms with Gasteiger partial charge in [0.05, 0.1) is 13.2 Å². The predicted molar refractivity (Wildman–Crippen MR) is 294 cm³/mol. The number of unbranched alkanes of at least 4 members (excludes halogenated alkanes) is 28. The van der Waals surface area contributed by atoms with Crippen molar-refractivity contribution in [3.05, 3.63) is 0 Å². The van der Waals surface area contributed by atoms with Gasteiger partial charge in [-0.2, -0.15) is 0 Å². The molecule has 0 aliphatic heterocycles. The van der Waals surface area contributed by atoms with Gasteiger partial charge in [-0.1, -0.05) is 220 Å². The van der Waals surface area contributed by atoms with Crippen LogP contribution in [-0.4, -0.2) is 87.7 Å². The van der Waals surface area contributed by atoms with Crippen LogP contribution in [0.5, 0.6) is 0 Å². The zero-order valence-electron chi connectivity index (χ0n) is 46.7. The molecular weight excluding hydrogens is 843 g/mol. The fourth-order valence-corrected chi connectivity index (χ4v) is 9.62. The number of rotatable bonds is 55. The van der Waals surface area contributed by atoms with Crippen molar-refractivity contribution >= 4 is 17.8 Å². The summed E-state index contributed by atoms with van der Waals surface area (Å²) in [5.41, 5.74) is 0. The number of carbonyl (C=O) groups excluding carboxylic acids is 3. The van der Waals surface area contributed by atoms with Crippen LogP contribution >= 0.6 is 0 Å². The van der Waals surface area contributed by atoms with E-state index >= 15 is 0 Å². The molecule has 0 bridgehead atoms. The molecule has 0 aliphatic carbocycles. The lowest BCUT2D eigenvalue weighted by atomic mass is 9.94. The first-order valence-corrected chi connectivity index (χ1v) is 30.2. The number of nitrogens with zero attached hydrogens (tertiary/aromatic N) is 2. The lowest BCUT2D eigenvalue weighted by molar-refractivity contribution is -0.146. The molecule has 0 saturated heterocycles. The third-order valence-electron chi connectivity index (χ3n) is 14.3. The highest BCUT2D eigenvalue weighted by atomic mass is 16.5. The quantitative estimate of drug-likeness (QED) is 0.0480. The maximum atomic E-state index is 12.8. The number of esters is 2.